The molecule has 0 atom stereocenters. The molecule has 0 amide bonds. The summed E-state index contributed by atoms with van der Waals surface area (Å²) in [6.45, 7) is 1.52. The molecule has 0 radical (unpaired) electrons. The monoisotopic (exact) mass is 292 g/mol. The van der Waals surface area contributed by atoms with Gasteiger partial charge in [-0.2, -0.15) is 0 Å². The summed E-state index contributed by atoms with van der Waals surface area (Å²) in [5.74, 6) is -1.11. The number of rotatable bonds is 3. The molecule has 0 aliphatic rings. The van der Waals surface area contributed by atoms with Gasteiger partial charge in [-0.05, 0) is 28.9 Å². The molecule has 0 saturated carbocycles. The minimum absolute atomic E-state index is 0.364. The summed E-state index contributed by atoms with van der Waals surface area (Å²) >= 11 is 4.68. The largest absolute Gasteiger partial charge is 0.466 e. The Balaban J connectivity index is 2.61. The molecule has 1 rings (SSSR count). The molecule has 0 spiro atoms. The normalized spacial score (nSPS) is 9.80. The van der Waals surface area contributed by atoms with Crippen molar-refractivity contribution in [2.45, 2.75) is 6.92 Å². The molecule has 0 unspecified atom stereocenters. The van der Waals surface area contributed by atoms with Gasteiger partial charge in [0.1, 0.15) is 0 Å². The summed E-state index contributed by atoms with van der Waals surface area (Å²) in [7, 11) is 1.24. The van der Waals surface area contributed by atoms with Crippen molar-refractivity contribution in [2.24, 2.45) is 0 Å². The summed E-state index contributed by atoms with van der Waals surface area (Å²) < 4.78 is 9.79. The summed E-state index contributed by atoms with van der Waals surface area (Å²) in [5.41, 5.74) is 0.432. The van der Waals surface area contributed by atoms with Crippen LogP contribution in [-0.2, 0) is 14.3 Å². The molecule has 0 fully saturated rings. The Morgan fingerprint density at radius 1 is 1.53 bits per heavy atom. The Bertz CT molecular complexity index is 385. The van der Waals surface area contributed by atoms with Gasteiger partial charge in [0, 0.05) is 4.88 Å². The lowest BCUT2D eigenvalue weighted by molar-refractivity contribution is -0.144. The lowest BCUT2D eigenvalue weighted by atomic mass is 10.3. The molecule has 0 saturated heterocycles. The molecular formula is C9H9BrO4S. The minimum atomic E-state index is -0.577. The Morgan fingerprint density at radius 2 is 2.20 bits per heavy atom. The summed E-state index contributed by atoms with van der Waals surface area (Å²) in [4.78, 5) is 23.2. The van der Waals surface area contributed by atoms with E-state index < -0.39 is 11.9 Å². The molecule has 1 heterocycles. The number of esters is 2. The molecule has 0 aliphatic heterocycles. The topological polar surface area (TPSA) is 52.6 Å². The molecule has 0 aromatic carbocycles. The lowest BCUT2D eigenvalue weighted by Gasteiger charge is -2.01. The Hall–Kier alpha value is -0.880. The van der Waals surface area contributed by atoms with Gasteiger partial charge in [0.15, 0.2) is 6.61 Å². The first-order valence-corrected chi connectivity index (χ1v) is 5.65. The number of methoxy groups -OCH3 is 1. The van der Waals surface area contributed by atoms with Gasteiger partial charge >= 0.3 is 11.9 Å². The van der Waals surface area contributed by atoms with E-state index in [2.05, 4.69) is 20.7 Å². The summed E-state index contributed by atoms with van der Waals surface area (Å²) in [6, 6.07) is 1.70. The molecular weight excluding hydrogens is 284 g/mol. The van der Waals surface area contributed by atoms with Crippen LogP contribution in [0.4, 0.5) is 0 Å². The van der Waals surface area contributed by atoms with Crippen LogP contribution in [0.5, 0.6) is 0 Å². The molecule has 15 heavy (non-hydrogen) atoms. The van der Waals surface area contributed by atoms with Crippen LogP contribution in [0.1, 0.15) is 15.2 Å². The quantitative estimate of drug-likeness (QED) is 0.801. The standard InChI is InChI=1S/C9H9BrO4S/c1-5-3-6(8(10)15-5)9(12)14-4-7(11)13-2/h3H,4H2,1-2H3. The second-order valence-electron chi connectivity index (χ2n) is 2.70. The number of hydrogen-bond acceptors (Lipinski definition) is 5. The first kappa shape index (κ1) is 12.2. The van der Waals surface area contributed by atoms with Crippen LogP contribution in [0.25, 0.3) is 0 Å². The van der Waals surface area contributed by atoms with E-state index in [1.807, 2.05) is 6.92 Å². The van der Waals surface area contributed by atoms with Crippen LogP contribution in [0.3, 0.4) is 0 Å². The van der Waals surface area contributed by atoms with E-state index in [1.54, 1.807) is 6.07 Å². The van der Waals surface area contributed by atoms with Gasteiger partial charge in [-0.1, -0.05) is 0 Å². The number of aryl methyl sites for hydroxylation is 1. The highest BCUT2D eigenvalue weighted by atomic mass is 79.9. The Labute approximate surface area is 99.3 Å². The lowest BCUT2D eigenvalue weighted by Crippen LogP contribution is -2.14. The zero-order valence-corrected chi connectivity index (χ0v) is 10.6. The second-order valence-corrected chi connectivity index (χ2v) is 5.27. The van der Waals surface area contributed by atoms with Crippen molar-refractivity contribution in [3.8, 4) is 0 Å². The smallest absolute Gasteiger partial charge is 0.344 e. The van der Waals surface area contributed by atoms with Crippen molar-refractivity contribution >= 4 is 39.2 Å². The predicted octanol–water partition coefficient (Wildman–Crippen LogP) is 2.15. The fraction of sp³-hybridized carbons (Fsp3) is 0.333. The molecule has 0 N–H and O–H groups in total. The van der Waals surface area contributed by atoms with Gasteiger partial charge in [-0.15, -0.1) is 11.3 Å². The van der Waals surface area contributed by atoms with Gasteiger partial charge in [0.05, 0.1) is 16.5 Å². The van der Waals surface area contributed by atoms with Crippen molar-refractivity contribution < 1.29 is 19.1 Å². The molecule has 0 aliphatic carbocycles. The number of halogens is 1. The second kappa shape index (κ2) is 5.27. The highest BCUT2D eigenvalue weighted by Gasteiger charge is 2.15. The first-order valence-electron chi connectivity index (χ1n) is 4.04. The molecule has 4 nitrogen and oxygen atoms in total. The SMILES string of the molecule is COC(=O)COC(=O)c1cc(C)sc1Br. The minimum Gasteiger partial charge on any atom is -0.466 e. The Morgan fingerprint density at radius 3 is 2.67 bits per heavy atom. The van der Waals surface area contributed by atoms with E-state index in [1.165, 1.54) is 18.4 Å². The third-order valence-corrected chi connectivity index (χ3v) is 3.33. The van der Waals surface area contributed by atoms with Crippen LogP contribution in [0.2, 0.25) is 0 Å². The third kappa shape index (κ3) is 3.32. The third-order valence-electron chi connectivity index (χ3n) is 1.58. The van der Waals surface area contributed by atoms with Gasteiger partial charge in [-0.3, -0.25) is 0 Å². The van der Waals surface area contributed by atoms with Crippen molar-refractivity contribution in [1.29, 1.82) is 0 Å². The van der Waals surface area contributed by atoms with Gasteiger partial charge in [0.25, 0.3) is 0 Å². The maximum Gasteiger partial charge on any atom is 0.344 e. The first-order chi connectivity index (χ1) is 7.04. The molecule has 6 heteroatoms. The maximum absolute atomic E-state index is 11.4. The molecule has 1 aromatic rings. The van der Waals surface area contributed by atoms with E-state index >= 15 is 0 Å². The molecule has 82 valence electrons. The number of carbonyl (C=O) groups excluding carboxylic acids is 2. The average molecular weight is 293 g/mol. The highest BCUT2D eigenvalue weighted by Crippen LogP contribution is 2.27. The van der Waals surface area contributed by atoms with Crippen LogP contribution in [0.15, 0.2) is 9.85 Å². The highest BCUT2D eigenvalue weighted by molar-refractivity contribution is 9.11. The van der Waals surface area contributed by atoms with Crippen molar-refractivity contribution in [3.63, 3.8) is 0 Å². The van der Waals surface area contributed by atoms with Gasteiger partial charge in [-0.25, -0.2) is 9.59 Å². The maximum atomic E-state index is 11.4. The predicted molar refractivity (Wildman–Crippen MR) is 59.1 cm³/mol. The van der Waals surface area contributed by atoms with Crippen LogP contribution in [0, 0.1) is 6.92 Å². The summed E-state index contributed by atoms with van der Waals surface area (Å²) in [6.07, 6.45) is 0. The van der Waals surface area contributed by atoms with E-state index in [0.29, 0.717) is 9.35 Å². The zero-order chi connectivity index (χ0) is 11.4. The fourth-order valence-corrected chi connectivity index (χ4v) is 2.64. The van der Waals surface area contributed by atoms with Gasteiger partial charge in [0.2, 0.25) is 0 Å². The van der Waals surface area contributed by atoms with Crippen LogP contribution < -0.4 is 0 Å². The average Bonchev–Trinajstić information content (AvgIpc) is 2.53. The van der Waals surface area contributed by atoms with Gasteiger partial charge < -0.3 is 9.47 Å². The number of hydrogen-bond donors (Lipinski definition) is 0. The van der Waals surface area contributed by atoms with E-state index in [-0.39, 0.29) is 6.61 Å². The number of carbonyl (C=O) groups is 2. The molecule has 0 bridgehead atoms. The number of ether oxygens (including phenoxy) is 2. The number of thiophene rings is 1. The van der Waals surface area contributed by atoms with Crippen LogP contribution >= 0.6 is 27.3 Å². The van der Waals surface area contributed by atoms with E-state index in [4.69, 9.17) is 4.74 Å². The fourth-order valence-electron chi connectivity index (χ4n) is 0.886. The zero-order valence-electron chi connectivity index (χ0n) is 8.20. The van der Waals surface area contributed by atoms with Crippen molar-refractivity contribution in [3.05, 3.63) is 20.3 Å². The summed E-state index contributed by atoms with van der Waals surface area (Å²) in [5, 5.41) is 0. The van der Waals surface area contributed by atoms with E-state index in [0.717, 1.165) is 4.88 Å². The van der Waals surface area contributed by atoms with E-state index in [9.17, 15) is 9.59 Å². The van der Waals surface area contributed by atoms with Crippen molar-refractivity contribution in [1.82, 2.24) is 0 Å². The van der Waals surface area contributed by atoms with Crippen LogP contribution in [-0.4, -0.2) is 25.7 Å². The Kier molecular flexibility index (Phi) is 4.28. The molecule has 1 aromatic heterocycles. The van der Waals surface area contributed by atoms with Crippen molar-refractivity contribution in [2.75, 3.05) is 13.7 Å².